The second kappa shape index (κ2) is 9.17. The largest absolute Gasteiger partial charge is 0.502 e. The summed E-state index contributed by atoms with van der Waals surface area (Å²) >= 11 is 0. The number of nitrogens with zero attached hydrogens (tertiary/aromatic N) is 3. The molecular weight excluding hydrogens is 424 g/mol. The lowest BCUT2D eigenvalue weighted by Crippen LogP contribution is -2.53. The highest BCUT2D eigenvalue weighted by molar-refractivity contribution is 6.07. The first-order valence-corrected chi connectivity index (χ1v) is 10.4. The molecule has 2 amide bonds. The van der Waals surface area contributed by atoms with Gasteiger partial charge in [0.05, 0.1) is 6.61 Å². The van der Waals surface area contributed by atoms with Crippen molar-refractivity contribution in [3.8, 4) is 16.9 Å². The Hall–Kier alpha value is -4.11. The van der Waals surface area contributed by atoms with Crippen LogP contribution >= 0.6 is 0 Å². The van der Waals surface area contributed by atoms with E-state index in [0.29, 0.717) is 18.8 Å². The van der Waals surface area contributed by atoms with Crippen molar-refractivity contribution in [2.24, 2.45) is 0 Å². The molecule has 0 aliphatic carbocycles. The normalized spacial score (nSPS) is 13.1. The van der Waals surface area contributed by atoms with Crippen LogP contribution in [0.2, 0.25) is 0 Å². The van der Waals surface area contributed by atoms with Crippen LogP contribution in [0, 0.1) is 0 Å². The van der Waals surface area contributed by atoms with Crippen molar-refractivity contribution in [3.05, 3.63) is 82.3 Å². The molecule has 4 rings (SSSR count). The summed E-state index contributed by atoms with van der Waals surface area (Å²) in [6.45, 7) is 0.813. The zero-order valence-electron chi connectivity index (χ0n) is 18.3. The average molecular weight is 448 g/mol. The number of methoxy groups -OCH3 is 1. The molecule has 9 heteroatoms. The number of carbonyl (C=O) groups is 2. The van der Waals surface area contributed by atoms with E-state index in [4.69, 9.17) is 4.74 Å². The summed E-state index contributed by atoms with van der Waals surface area (Å²) < 4.78 is 6.36. The second-order valence-electron chi connectivity index (χ2n) is 7.64. The minimum absolute atomic E-state index is 0.189. The van der Waals surface area contributed by atoms with Gasteiger partial charge in [-0.25, -0.2) is 0 Å². The van der Waals surface area contributed by atoms with Crippen molar-refractivity contribution in [2.45, 2.75) is 0 Å². The molecule has 170 valence electrons. The number of aromatic nitrogens is 1. The van der Waals surface area contributed by atoms with Gasteiger partial charge in [-0.3, -0.25) is 24.1 Å². The molecule has 0 unspecified atom stereocenters. The highest BCUT2D eigenvalue weighted by atomic mass is 16.5. The number of para-hydroxylation sites is 1. The summed E-state index contributed by atoms with van der Waals surface area (Å²) in [5, 5.41) is 15.0. The maximum atomic E-state index is 13.1. The smallest absolute Gasteiger partial charge is 0.277 e. The topological polar surface area (TPSA) is 104 Å². The van der Waals surface area contributed by atoms with Gasteiger partial charge < -0.3 is 20.1 Å². The lowest BCUT2D eigenvalue weighted by atomic mass is 10.0. The van der Waals surface area contributed by atoms with Crippen molar-refractivity contribution in [1.82, 2.24) is 9.58 Å². The standard InChI is InChI=1S/C24H24N4O5/c1-26-15-27(12-13-33-2)24(32)20-22(30)21(29)18(14-28(20)26)23(31)25-19-11-7-6-10-17(19)16-8-4-3-5-9-16/h3-11,14,30H,12-13,15H2,1-2H3,(H,25,31). The van der Waals surface area contributed by atoms with Crippen molar-refractivity contribution < 1.29 is 19.4 Å². The van der Waals surface area contributed by atoms with Crippen LogP contribution in [0.1, 0.15) is 20.8 Å². The Kier molecular flexibility index (Phi) is 6.14. The van der Waals surface area contributed by atoms with E-state index >= 15 is 0 Å². The molecule has 0 saturated heterocycles. The number of hydrogen-bond acceptors (Lipinski definition) is 6. The Morgan fingerprint density at radius 3 is 2.52 bits per heavy atom. The predicted molar refractivity (Wildman–Crippen MR) is 124 cm³/mol. The van der Waals surface area contributed by atoms with Crippen molar-refractivity contribution in [3.63, 3.8) is 0 Å². The molecule has 33 heavy (non-hydrogen) atoms. The summed E-state index contributed by atoms with van der Waals surface area (Å²) in [7, 11) is 3.21. The molecule has 2 heterocycles. The number of aromatic hydroxyl groups is 1. The first-order valence-electron chi connectivity index (χ1n) is 10.4. The number of fused-ring (bicyclic) bond motifs is 1. The fraction of sp³-hybridized carbons (Fsp3) is 0.208. The number of amides is 2. The van der Waals surface area contributed by atoms with E-state index in [9.17, 15) is 19.5 Å². The average Bonchev–Trinajstić information content (AvgIpc) is 2.83. The monoisotopic (exact) mass is 448 g/mol. The molecular formula is C24H24N4O5. The van der Waals surface area contributed by atoms with Crippen LogP contribution in [0.25, 0.3) is 11.1 Å². The van der Waals surface area contributed by atoms with Gasteiger partial charge in [-0.15, -0.1) is 0 Å². The third kappa shape index (κ3) is 4.18. The van der Waals surface area contributed by atoms with Crippen LogP contribution < -0.4 is 15.8 Å². The summed E-state index contributed by atoms with van der Waals surface area (Å²) in [5.74, 6) is -1.96. The van der Waals surface area contributed by atoms with Crippen LogP contribution in [0.15, 0.2) is 65.6 Å². The van der Waals surface area contributed by atoms with Crippen molar-refractivity contribution >= 4 is 17.5 Å². The molecule has 0 bridgehead atoms. The molecule has 1 aliphatic rings. The minimum Gasteiger partial charge on any atom is -0.502 e. The summed E-state index contributed by atoms with van der Waals surface area (Å²) in [4.78, 5) is 40.2. The van der Waals surface area contributed by atoms with Gasteiger partial charge >= 0.3 is 0 Å². The van der Waals surface area contributed by atoms with E-state index in [-0.39, 0.29) is 17.9 Å². The highest BCUT2D eigenvalue weighted by Crippen LogP contribution is 2.28. The number of nitrogens with one attached hydrogen (secondary N) is 1. The molecule has 1 aliphatic heterocycles. The van der Waals surface area contributed by atoms with Gasteiger partial charge in [-0.05, 0) is 11.6 Å². The van der Waals surface area contributed by atoms with Crippen LogP contribution in [0.3, 0.4) is 0 Å². The van der Waals surface area contributed by atoms with Crippen LogP contribution in [-0.4, -0.2) is 60.5 Å². The molecule has 3 aromatic rings. The van der Waals surface area contributed by atoms with E-state index in [1.807, 2.05) is 42.5 Å². The van der Waals surface area contributed by atoms with Crippen molar-refractivity contribution in [1.29, 1.82) is 0 Å². The quantitative estimate of drug-likeness (QED) is 0.599. The highest BCUT2D eigenvalue weighted by Gasteiger charge is 2.33. The Balaban J connectivity index is 1.69. The Morgan fingerprint density at radius 1 is 1.09 bits per heavy atom. The van der Waals surface area contributed by atoms with Crippen LogP contribution in [-0.2, 0) is 4.74 Å². The number of ether oxygens (including phenoxy) is 1. The van der Waals surface area contributed by atoms with E-state index in [2.05, 4.69) is 5.32 Å². The number of benzene rings is 2. The van der Waals surface area contributed by atoms with E-state index in [1.54, 1.807) is 24.2 Å². The molecule has 0 spiro atoms. The maximum absolute atomic E-state index is 13.1. The van der Waals surface area contributed by atoms with Crippen molar-refractivity contribution in [2.75, 3.05) is 44.3 Å². The minimum atomic E-state index is -0.911. The van der Waals surface area contributed by atoms with Gasteiger partial charge in [0.25, 0.3) is 11.8 Å². The number of carbonyl (C=O) groups excluding carboxylic acids is 2. The predicted octanol–water partition coefficient (Wildman–Crippen LogP) is 2.10. The molecule has 2 aromatic carbocycles. The van der Waals surface area contributed by atoms with Crippen LogP contribution in [0.5, 0.6) is 5.75 Å². The maximum Gasteiger partial charge on any atom is 0.277 e. The molecule has 1 aromatic heterocycles. The third-order valence-corrected chi connectivity index (χ3v) is 5.47. The van der Waals surface area contributed by atoms with E-state index < -0.39 is 23.0 Å². The van der Waals surface area contributed by atoms with Gasteiger partial charge in [0.15, 0.2) is 11.4 Å². The second-order valence-corrected chi connectivity index (χ2v) is 7.64. The summed E-state index contributed by atoms with van der Waals surface area (Å²) in [6, 6.07) is 16.8. The summed E-state index contributed by atoms with van der Waals surface area (Å²) in [5.41, 5.74) is 0.835. The van der Waals surface area contributed by atoms with E-state index in [1.165, 1.54) is 22.9 Å². The lowest BCUT2D eigenvalue weighted by Gasteiger charge is -2.37. The molecule has 0 fully saturated rings. The number of hydrogen-bond donors (Lipinski definition) is 2. The molecule has 0 saturated carbocycles. The first-order chi connectivity index (χ1) is 15.9. The van der Waals surface area contributed by atoms with Gasteiger partial charge in [0.2, 0.25) is 5.43 Å². The molecule has 2 N–H and O–H groups in total. The Bertz CT molecular complexity index is 1260. The van der Waals surface area contributed by atoms with E-state index in [0.717, 1.165) is 11.1 Å². The number of anilines is 1. The third-order valence-electron chi connectivity index (χ3n) is 5.47. The Morgan fingerprint density at radius 2 is 1.79 bits per heavy atom. The van der Waals surface area contributed by atoms with Gasteiger partial charge in [0.1, 0.15) is 12.2 Å². The fourth-order valence-corrected chi connectivity index (χ4v) is 3.77. The van der Waals surface area contributed by atoms with Gasteiger partial charge in [-0.1, -0.05) is 48.5 Å². The zero-order chi connectivity index (χ0) is 23.5. The lowest BCUT2D eigenvalue weighted by molar-refractivity contribution is 0.0629. The van der Waals surface area contributed by atoms with Gasteiger partial charge in [0, 0.05) is 38.1 Å². The summed E-state index contributed by atoms with van der Waals surface area (Å²) in [6.07, 6.45) is 1.28. The SMILES string of the molecule is COCCN1CN(C)n2cc(C(=O)Nc3ccccc3-c3ccccc3)c(=O)c(O)c2C1=O. The molecule has 0 radical (unpaired) electrons. The number of rotatable bonds is 6. The number of pyridine rings is 1. The molecule has 0 atom stereocenters. The molecule has 9 nitrogen and oxygen atoms in total. The first kappa shape index (κ1) is 22.1. The van der Waals surface area contributed by atoms with Gasteiger partial charge in [-0.2, -0.15) is 0 Å². The van der Waals surface area contributed by atoms with Crippen LogP contribution in [0.4, 0.5) is 5.69 Å². The zero-order valence-corrected chi connectivity index (χ0v) is 18.3. The fourth-order valence-electron chi connectivity index (χ4n) is 3.77. The Labute approximate surface area is 190 Å².